The molecule has 8 heterocycles. The molecule has 0 fully saturated rings. The van der Waals surface area contributed by atoms with Crippen molar-refractivity contribution in [3.05, 3.63) is 243 Å². The lowest BCUT2D eigenvalue weighted by atomic mass is 9.95. The summed E-state index contributed by atoms with van der Waals surface area (Å²) in [6.07, 6.45) is 10.8. The summed E-state index contributed by atoms with van der Waals surface area (Å²) < 4.78 is 0. The topological polar surface area (TPSA) is 110 Å². The molecule has 0 saturated heterocycles. The van der Waals surface area contributed by atoms with Gasteiger partial charge in [0.25, 0.3) is 0 Å². The molecule has 2 aliphatic heterocycles. The van der Waals surface area contributed by atoms with Crippen LogP contribution in [0.1, 0.15) is 0 Å². The van der Waals surface area contributed by atoms with Crippen molar-refractivity contribution in [3.8, 4) is 79.2 Å². The van der Waals surface area contributed by atoms with E-state index in [2.05, 4.69) is 192 Å². The van der Waals surface area contributed by atoms with E-state index in [1.165, 1.54) is 43.5 Å². The summed E-state index contributed by atoms with van der Waals surface area (Å²) in [6, 6.07) is 73.4. The van der Waals surface area contributed by atoms with Crippen LogP contribution in [0.15, 0.2) is 243 Å². The molecule has 12 heteroatoms. The Hall–Kier alpha value is -9.89. The fourth-order valence-electron chi connectivity index (χ4n) is 11.7. The van der Waals surface area contributed by atoms with Crippen LogP contribution in [0.25, 0.3) is 79.2 Å². The van der Waals surface area contributed by atoms with Crippen LogP contribution in [0.5, 0.6) is 0 Å². The SMILES string of the molecule is C[Si]1(C)c2ccccc2N(c2cc(-c3cc(-c4cc(-c5ccccn5)nc(-c5cccnc5)n4)cc(N4c5ccccc5[Si](C)(C)c5ccccc54)c3)cc(-c3cc(-c4ccccn4)nc(-c4cccnc4)n3)c2)c2ccccc21. The quantitative estimate of drug-likeness (QED) is 0.130. The predicted molar refractivity (Wildman–Crippen MR) is 330 cm³/mol. The third kappa shape index (κ3) is 8.49. The van der Waals surface area contributed by atoms with Gasteiger partial charge in [0.05, 0.1) is 34.2 Å². The third-order valence-electron chi connectivity index (χ3n) is 15.7. The van der Waals surface area contributed by atoms with Crippen molar-refractivity contribution >= 4 is 71.0 Å². The number of para-hydroxylation sites is 4. The second-order valence-corrected chi connectivity index (χ2v) is 30.0. The highest BCUT2D eigenvalue weighted by Crippen LogP contribution is 2.46. The molecule has 80 heavy (non-hydrogen) atoms. The Balaban J connectivity index is 1.07. The maximum atomic E-state index is 5.41. The highest BCUT2D eigenvalue weighted by atomic mass is 28.3. The zero-order valence-corrected chi connectivity index (χ0v) is 46.6. The molecule has 0 radical (unpaired) electrons. The molecular formula is C68H52N10Si2. The molecule has 0 bridgehead atoms. The number of rotatable bonds is 9. The summed E-state index contributed by atoms with van der Waals surface area (Å²) in [5.41, 5.74) is 16.5. The van der Waals surface area contributed by atoms with E-state index < -0.39 is 16.1 Å². The zero-order chi connectivity index (χ0) is 54.0. The maximum absolute atomic E-state index is 5.41. The zero-order valence-electron chi connectivity index (χ0n) is 44.6. The van der Waals surface area contributed by atoms with Gasteiger partial charge in [0, 0.05) is 93.6 Å². The molecule has 10 nitrogen and oxygen atoms in total. The number of anilines is 6. The van der Waals surface area contributed by atoms with Gasteiger partial charge >= 0.3 is 0 Å². The van der Waals surface area contributed by atoms with Crippen molar-refractivity contribution in [1.29, 1.82) is 0 Å². The van der Waals surface area contributed by atoms with Gasteiger partial charge in [-0.25, -0.2) is 19.9 Å². The molecule has 382 valence electrons. The second-order valence-electron chi connectivity index (χ2n) is 21.4. The third-order valence-corrected chi connectivity index (χ3v) is 22.8. The Labute approximate surface area is 467 Å². The first-order valence-corrected chi connectivity index (χ1v) is 32.9. The number of hydrogen-bond acceptors (Lipinski definition) is 10. The van der Waals surface area contributed by atoms with Crippen molar-refractivity contribution in [2.75, 3.05) is 9.80 Å². The lowest BCUT2D eigenvalue weighted by molar-refractivity contribution is 1.15. The number of pyridine rings is 4. The summed E-state index contributed by atoms with van der Waals surface area (Å²) in [6.45, 7) is 9.85. The van der Waals surface area contributed by atoms with E-state index in [0.29, 0.717) is 23.0 Å². The van der Waals surface area contributed by atoms with Gasteiger partial charge in [-0.2, -0.15) is 0 Å². The molecule has 0 atom stereocenters. The summed E-state index contributed by atoms with van der Waals surface area (Å²) in [5.74, 6) is 1.11. The molecule has 0 amide bonds. The van der Waals surface area contributed by atoms with Crippen LogP contribution in [0, 0.1) is 0 Å². The first-order valence-electron chi connectivity index (χ1n) is 26.9. The first-order chi connectivity index (χ1) is 39.2. The molecular weight excluding hydrogens is 1010 g/mol. The molecule has 0 unspecified atom stereocenters. The number of benzene rings is 6. The van der Waals surface area contributed by atoms with Crippen LogP contribution >= 0.6 is 0 Å². The maximum Gasteiger partial charge on any atom is 0.162 e. The Morgan fingerprint density at radius 1 is 0.287 bits per heavy atom. The van der Waals surface area contributed by atoms with E-state index in [0.717, 1.165) is 67.5 Å². The monoisotopic (exact) mass is 1060 g/mol. The van der Waals surface area contributed by atoms with Crippen molar-refractivity contribution in [3.63, 3.8) is 0 Å². The summed E-state index contributed by atoms with van der Waals surface area (Å²) >= 11 is 0. The average molecular weight is 1070 g/mol. The van der Waals surface area contributed by atoms with Gasteiger partial charge in [0.2, 0.25) is 0 Å². The lowest BCUT2D eigenvalue weighted by Crippen LogP contribution is -2.58. The van der Waals surface area contributed by atoms with Crippen molar-refractivity contribution in [2.24, 2.45) is 0 Å². The standard InChI is InChI=1S/C68H52N10Si2/c1-79(2)63-27-9-5-23-59(63)77(60-24-6-10-28-64(60)79)51-37-47(35-49(39-51)55-41-57(53-21-13-15-33-71-53)75-67(73-55)45-19-17-31-69-43-45)48-36-50(56-42-58(54-22-14-16-34-72-54)76-68(74-56)46-20-18-32-70-44-46)40-52(38-48)78-61-25-7-11-29-65(61)80(3,4)66-30-12-8-26-62(66)78/h5-44H,1-4H3. The minimum Gasteiger partial charge on any atom is -0.311 e. The van der Waals surface area contributed by atoms with E-state index >= 15 is 0 Å². The average Bonchev–Trinajstić information content (AvgIpc) is 3.66. The fraction of sp³-hybridized carbons (Fsp3) is 0.0588. The molecule has 6 aromatic heterocycles. The van der Waals surface area contributed by atoms with Gasteiger partial charge in [-0.1, -0.05) is 111 Å². The minimum absolute atomic E-state index is 0.555. The van der Waals surface area contributed by atoms with Crippen molar-refractivity contribution < 1.29 is 0 Å². The van der Waals surface area contributed by atoms with Crippen LogP contribution in [0.2, 0.25) is 26.2 Å². The number of nitrogens with zero attached hydrogens (tertiary/aromatic N) is 10. The predicted octanol–water partition coefficient (Wildman–Crippen LogP) is 13.7. The Kier molecular flexibility index (Phi) is 11.8. The van der Waals surface area contributed by atoms with Gasteiger partial charge < -0.3 is 9.80 Å². The number of fused-ring (bicyclic) bond motifs is 4. The summed E-state index contributed by atoms with van der Waals surface area (Å²) in [4.78, 5) is 44.6. The molecule has 0 N–H and O–H groups in total. The highest BCUT2D eigenvalue weighted by Gasteiger charge is 2.40. The van der Waals surface area contributed by atoms with E-state index in [-0.39, 0.29) is 0 Å². The van der Waals surface area contributed by atoms with Crippen LogP contribution in [0.3, 0.4) is 0 Å². The van der Waals surface area contributed by atoms with Crippen molar-refractivity contribution in [2.45, 2.75) is 26.2 Å². The van der Waals surface area contributed by atoms with E-state index in [1.54, 1.807) is 24.8 Å². The summed E-state index contributed by atoms with van der Waals surface area (Å²) in [7, 11) is -4.30. The number of hydrogen-bond donors (Lipinski definition) is 0. The highest BCUT2D eigenvalue weighted by molar-refractivity contribution is 7.03. The van der Waals surface area contributed by atoms with Crippen LogP contribution in [-0.4, -0.2) is 56.0 Å². The smallest absolute Gasteiger partial charge is 0.162 e. The van der Waals surface area contributed by atoms with Crippen LogP contribution in [0.4, 0.5) is 34.1 Å². The fourth-order valence-corrected chi connectivity index (χ4v) is 17.7. The molecule has 0 saturated carbocycles. The van der Waals surface area contributed by atoms with Gasteiger partial charge in [-0.3, -0.25) is 19.9 Å². The van der Waals surface area contributed by atoms with E-state index in [4.69, 9.17) is 29.9 Å². The normalized spacial score (nSPS) is 13.7. The van der Waals surface area contributed by atoms with Crippen LogP contribution in [-0.2, 0) is 0 Å². The molecule has 2 aliphatic rings. The van der Waals surface area contributed by atoms with Crippen molar-refractivity contribution in [1.82, 2.24) is 39.9 Å². The molecule has 0 spiro atoms. The summed E-state index contributed by atoms with van der Waals surface area (Å²) in [5, 5.41) is 5.50. The Morgan fingerprint density at radius 3 is 0.988 bits per heavy atom. The molecule has 12 aromatic rings. The van der Waals surface area contributed by atoms with E-state index in [1.807, 2.05) is 73.1 Å². The molecule has 14 rings (SSSR count). The minimum atomic E-state index is -2.15. The van der Waals surface area contributed by atoms with Gasteiger partial charge in [-0.15, -0.1) is 0 Å². The lowest BCUT2D eigenvalue weighted by Gasteiger charge is -2.41. The first kappa shape index (κ1) is 48.5. The number of aromatic nitrogens is 8. The second kappa shape index (κ2) is 19.5. The largest absolute Gasteiger partial charge is 0.311 e. The van der Waals surface area contributed by atoms with Gasteiger partial charge in [0.15, 0.2) is 11.6 Å². The molecule has 0 aliphatic carbocycles. The Bertz CT molecular complexity index is 3840. The van der Waals surface area contributed by atoms with E-state index in [9.17, 15) is 0 Å². The Morgan fingerprint density at radius 2 is 0.637 bits per heavy atom. The molecule has 6 aromatic carbocycles. The van der Waals surface area contributed by atoms with Gasteiger partial charge in [-0.05, 0) is 153 Å². The van der Waals surface area contributed by atoms with Gasteiger partial charge in [0.1, 0.15) is 16.1 Å². The van der Waals surface area contributed by atoms with Crippen LogP contribution < -0.4 is 30.5 Å².